The molecule has 136 valence electrons. The van der Waals surface area contributed by atoms with Crippen LogP contribution in [0.3, 0.4) is 0 Å². The summed E-state index contributed by atoms with van der Waals surface area (Å²) < 4.78 is 21.2. The standard InChI is InChI=1S/C19H21FN4O2/c1-5-12-10-17(19(25)26-6-2)21-18-11-16(22-24(12)18)14-8-7-13(23(3)4)9-15(14)20/h7-11H,5-6H2,1-4H3. The highest BCUT2D eigenvalue weighted by Gasteiger charge is 2.17. The second-order valence-corrected chi connectivity index (χ2v) is 6.06. The van der Waals surface area contributed by atoms with Crippen LogP contribution in [0.1, 0.15) is 30.0 Å². The summed E-state index contributed by atoms with van der Waals surface area (Å²) in [4.78, 5) is 18.2. The van der Waals surface area contributed by atoms with Crippen LogP contribution < -0.4 is 4.90 Å². The van der Waals surface area contributed by atoms with Gasteiger partial charge in [0.05, 0.1) is 12.3 Å². The first-order valence-electron chi connectivity index (χ1n) is 8.48. The van der Waals surface area contributed by atoms with Gasteiger partial charge in [-0.15, -0.1) is 0 Å². The maximum Gasteiger partial charge on any atom is 0.357 e. The number of carbonyl (C=O) groups is 1. The largest absolute Gasteiger partial charge is 0.461 e. The van der Waals surface area contributed by atoms with Crippen molar-refractivity contribution in [3.8, 4) is 11.3 Å². The van der Waals surface area contributed by atoms with Gasteiger partial charge in [0.2, 0.25) is 0 Å². The minimum Gasteiger partial charge on any atom is -0.461 e. The molecule has 6 nitrogen and oxygen atoms in total. The van der Waals surface area contributed by atoms with Crippen LogP contribution in [0.25, 0.3) is 16.9 Å². The molecule has 0 bridgehead atoms. The van der Waals surface area contributed by atoms with E-state index in [1.54, 1.807) is 29.6 Å². The molecule has 0 saturated carbocycles. The van der Waals surface area contributed by atoms with Crippen LogP contribution in [0.15, 0.2) is 30.3 Å². The van der Waals surface area contributed by atoms with Gasteiger partial charge < -0.3 is 9.64 Å². The molecule has 0 N–H and O–H groups in total. The molecule has 2 heterocycles. The number of aromatic nitrogens is 3. The highest BCUT2D eigenvalue weighted by atomic mass is 19.1. The Morgan fingerprint density at radius 2 is 2.00 bits per heavy atom. The summed E-state index contributed by atoms with van der Waals surface area (Å²) in [6, 6.07) is 8.34. The summed E-state index contributed by atoms with van der Waals surface area (Å²) >= 11 is 0. The lowest BCUT2D eigenvalue weighted by Crippen LogP contribution is -2.10. The van der Waals surface area contributed by atoms with E-state index in [1.807, 2.05) is 32.0 Å². The zero-order chi connectivity index (χ0) is 18.8. The fraction of sp³-hybridized carbons (Fsp3) is 0.316. The molecule has 26 heavy (non-hydrogen) atoms. The SMILES string of the molecule is CCOC(=O)c1cc(CC)n2nc(-c3ccc(N(C)C)cc3F)cc2n1. The summed E-state index contributed by atoms with van der Waals surface area (Å²) in [6.07, 6.45) is 0.647. The van der Waals surface area contributed by atoms with Crippen LogP contribution in [0.2, 0.25) is 0 Å². The van der Waals surface area contributed by atoms with Crippen molar-refractivity contribution < 1.29 is 13.9 Å². The number of rotatable bonds is 5. The quantitative estimate of drug-likeness (QED) is 0.656. The molecule has 0 aliphatic rings. The average Bonchev–Trinajstić information content (AvgIpc) is 3.04. The third-order valence-corrected chi connectivity index (χ3v) is 4.09. The Kier molecular flexibility index (Phi) is 4.88. The number of halogens is 1. The topological polar surface area (TPSA) is 59.7 Å². The zero-order valence-corrected chi connectivity index (χ0v) is 15.3. The monoisotopic (exact) mass is 356 g/mol. The Labute approximate surface area is 151 Å². The first-order chi connectivity index (χ1) is 12.4. The number of benzene rings is 1. The Morgan fingerprint density at radius 1 is 1.23 bits per heavy atom. The van der Waals surface area contributed by atoms with Crippen molar-refractivity contribution in [3.63, 3.8) is 0 Å². The second kappa shape index (κ2) is 7.11. The predicted molar refractivity (Wildman–Crippen MR) is 98.0 cm³/mol. The number of hydrogen-bond donors (Lipinski definition) is 0. The lowest BCUT2D eigenvalue weighted by Gasteiger charge is -2.12. The minimum atomic E-state index is -0.478. The van der Waals surface area contributed by atoms with Crippen LogP contribution in [0.4, 0.5) is 10.1 Å². The fourth-order valence-corrected chi connectivity index (χ4v) is 2.72. The van der Waals surface area contributed by atoms with Crippen LogP contribution in [0, 0.1) is 5.82 Å². The highest BCUT2D eigenvalue weighted by molar-refractivity contribution is 5.88. The van der Waals surface area contributed by atoms with Crippen molar-refractivity contribution in [3.05, 3.63) is 47.5 Å². The van der Waals surface area contributed by atoms with Crippen molar-refractivity contribution in [2.75, 3.05) is 25.6 Å². The molecular formula is C19H21FN4O2. The Balaban J connectivity index is 2.10. The number of ether oxygens (including phenoxy) is 1. The van der Waals surface area contributed by atoms with Crippen molar-refractivity contribution in [2.45, 2.75) is 20.3 Å². The van der Waals surface area contributed by atoms with Gasteiger partial charge in [0.25, 0.3) is 0 Å². The minimum absolute atomic E-state index is 0.228. The molecule has 0 radical (unpaired) electrons. The van der Waals surface area contributed by atoms with Gasteiger partial charge in [0, 0.05) is 37.1 Å². The molecule has 0 unspecified atom stereocenters. The molecule has 0 spiro atoms. The van der Waals surface area contributed by atoms with E-state index in [0.717, 1.165) is 11.4 Å². The first kappa shape index (κ1) is 17.8. The van der Waals surface area contributed by atoms with E-state index >= 15 is 0 Å². The van der Waals surface area contributed by atoms with E-state index in [2.05, 4.69) is 10.1 Å². The Morgan fingerprint density at radius 3 is 2.62 bits per heavy atom. The van der Waals surface area contributed by atoms with E-state index in [-0.39, 0.29) is 18.1 Å². The van der Waals surface area contributed by atoms with Gasteiger partial charge in [-0.3, -0.25) is 0 Å². The molecule has 7 heteroatoms. The van der Waals surface area contributed by atoms with Crippen molar-refractivity contribution in [2.24, 2.45) is 0 Å². The summed E-state index contributed by atoms with van der Waals surface area (Å²) in [6.45, 7) is 3.98. The Hall–Kier alpha value is -2.96. The number of hydrogen-bond acceptors (Lipinski definition) is 5. The number of aryl methyl sites for hydroxylation is 1. The molecule has 3 rings (SSSR count). The van der Waals surface area contributed by atoms with Crippen LogP contribution in [-0.2, 0) is 11.2 Å². The summed E-state index contributed by atoms with van der Waals surface area (Å²) in [5, 5.41) is 4.48. The van der Waals surface area contributed by atoms with Crippen LogP contribution >= 0.6 is 0 Å². The van der Waals surface area contributed by atoms with E-state index in [0.29, 0.717) is 23.3 Å². The molecule has 0 saturated heterocycles. The lowest BCUT2D eigenvalue weighted by atomic mass is 10.1. The van der Waals surface area contributed by atoms with Crippen molar-refractivity contribution in [1.29, 1.82) is 0 Å². The predicted octanol–water partition coefficient (Wildman–Crippen LogP) is 3.34. The zero-order valence-electron chi connectivity index (χ0n) is 15.3. The molecule has 0 fully saturated rings. The van der Waals surface area contributed by atoms with Gasteiger partial charge in [-0.2, -0.15) is 5.10 Å². The van der Waals surface area contributed by atoms with E-state index in [1.165, 1.54) is 6.07 Å². The van der Waals surface area contributed by atoms with Gasteiger partial charge in [-0.25, -0.2) is 18.7 Å². The smallest absolute Gasteiger partial charge is 0.357 e. The van der Waals surface area contributed by atoms with Gasteiger partial charge in [0.1, 0.15) is 5.82 Å². The molecule has 0 aliphatic carbocycles. The maximum atomic E-state index is 14.5. The third kappa shape index (κ3) is 3.24. The maximum absolute atomic E-state index is 14.5. The normalized spacial score (nSPS) is 11.0. The third-order valence-electron chi connectivity index (χ3n) is 4.09. The molecule has 1 aromatic carbocycles. The lowest BCUT2D eigenvalue weighted by molar-refractivity contribution is 0.0519. The molecule has 0 aliphatic heterocycles. The van der Waals surface area contributed by atoms with Crippen LogP contribution in [0.5, 0.6) is 0 Å². The average molecular weight is 356 g/mol. The number of carbonyl (C=O) groups excluding carboxylic acids is 1. The van der Waals surface area contributed by atoms with E-state index in [4.69, 9.17) is 4.74 Å². The second-order valence-electron chi connectivity index (χ2n) is 6.06. The fourth-order valence-electron chi connectivity index (χ4n) is 2.72. The molecule has 0 atom stereocenters. The number of anilines is 1. The van der Waals surface area contributed by atoms with Gasteiger partial charge in [-0.1, -0.05) is 6.92 Å². The molecule has 3 aromatic rings. The van der Waals surface area contributed by atoms with E-state index < -0.39 is 5.97 Å². The molecule has 0 amide bonds. The first-order valence-corrected chi connectivity index (χ1v) is 8.48. The van der Waals surface area contributed by atoms with Gasteiger partial charge in [-0.05, 0) is 37.6 Å². The van der Waals surface area contributed by atoms with Crippen molar-refractivity contribution >= 4 is 17.3 Å². The number of fused-ring (bicyclic) bond motifs is 1. The van der Waals surface area contributed by atoms with E-state index in [9.17, 15) is 9.18 Å². The van der Waals surface area contributed by atoms with Gasteiger partial charge in [0.15, 0.2) is 11.3 Å². The Bertz CT molecular complexity index is 966. The summed E-state index contributed by atoms with van der Waals surface area (Å²) in [7, 11) is 3.71. The summed E-state index contributed by atoms with van der Waals surface area (Å²) in [5.74, 6) is -0.836. The van der Waals surface area contributed by atoms with Crippen LogP contribution in [-0.4, -0.2) is 41.3 Å². The number of esters is 1. The highest BCUT2D eigenvalue weighted by Crippen LogP contribution is 2.26. The molecular weight excluding hydrogens is 335 g/mol. The summed E-state index contributed by atoms with van der Waals surface area (Å²) in [5.41, 5.74) is 3.14. The number of nitrogens with zero attached hydrogens (tertiary/aromatic N) is 4. The van der Waals surface area contributed by atoms with Gasteiger partial charge >= 0.3 is 5.97 Å². The molecule has 2 aromatic heterocycles. The van der Waals surface area contributed by atoms with Crippen molar-refractivity contribution in [1.82, 2.24) is 14.6 Å².